The average Bonchev–Trinajstić information content (AvgIpc) is 2.44. The molecule has 1 aliphatic rings. The van der Waals surface area contributed by atoms with Crippen LogP contribution in [0.15, 0.2) is 12.5 Å². The second kappa shape index (κ2) is 3.82. The fraction of sp³-hybridized carbons (Fsp3) is 0.600. The lowest BCUT2D eigenvalue weighted by molar-refractivity contribution is -0.136. The van der Waals surface area contributed by atoms with E-state index in [1.54, 1.807) is 12.5 Å². The number of hydrogen-bond donors (Lipinski definition) is 1. The summed E-state index contributed by atoms with van der Waals surface area (Å²) in [6, 6.07) is 0. The molecule has 1 fully saturated rings. The summed E-state index contributed by atoms with van der Waals surface area (Å²) in [5, 5.41) is 8.67. The van der Waals surface area contributed by atoms with Crippen LogP contribution in [0.4, 0.5) is 0 Å². The first kappa shape index (κ1) is 9.24. The van der Waals surface area contributed by atoms with Crippen molar-refractivity contribution in [3.63, 3.8) is 0 Å². The van der Waals surface area contributed by atoms with Crippen LogP contribution < -0.4 is 0 Å². The van der Waals surface area contributed by atoms with Crippen LogP contribution in [-0.4, -0.2) is 20.6 Å². The molecule has 1 saturated carbocycles. The van der Waals surface area contributed by atoms with Crippen LogP contribution in [0.25, 0.3) is 0 Å². The quantitative estimate of drug-likeness (QED) is 0.786. The molecule has 0 atom stereocenters. The summed E-state index contributed by atoms with van der Waals surface area (Å²) in [4.78, 5) is 14.5. The van der Waals surface area contributed by atoms with Crippen LogP contribution >= 0.6 is 0 Å². The Labute approximate surface area is 82.6 Å². The average molecular weight is 194 g/mol. The van der Waals surface area contributed by atoms with Gasteiger partial charge < -0.3 is 9.67 Å². The molecule has 76 valence electrons. The van der Waals surface area contributed by atoms with Crippen molar-refractivity contribution in [2.24, 2.45) is 5.92 Å². The first-order chi connectivity index (χ1) is 6.75. The summed E-state index contributed by atoms with van der Waals surface area (Å²) < 4.78 is 1.97. The molecule has 0 amide bonds. The molecule has 0 unspecified atom stereocenters. The monoisotopic (exact) mass is 194 g/mol. The number of aliphatic carboxylic acids is 1. The lowest BCUT2D eigenvalue weighted by atomic mass is 9.85. The van der Waals surface area contributed by atoms with Crippen LogP contribution in [0.2, 0.25) is 0 Å². The van der Waals surface area contributed by atoms with Gasteiger partial charge in [0.05, 0.1) is 12.7 Å². The molecule has 4 heteroatoms. The van der Waals surface area contributed by atoms with E-state index in [1.165, 1.54) is 19.3 Å². The Kier molecular flexibility index (Phi) is 2.52. The van der Waals surface area contributed by atoms with Gasteiger partial charge in [-0.3, -0.25) is 4.79 Å². The highest BCUT2D eigenvalue weighted by molar-refractivity contribution is 5.69. The van der Waals surface area contributed by atoms with E-state index >= 15 is 0 Å². The number of imidazole rings is 1. The second-order valence-corrected chi connectivity index (χ2v) is 3.90. The molecular weight excluding hydrogens is 180 g/mol. The van der Waals surface area contributed by atoms with Crippen molar-refractivity contribution in [2.75, 3.05) is 0 Å². The summed E-state index contributed by atoms with van der Waals surface area (Å²) in [6.07, 6.45) is 7.30. The summed E-state index contributed by atoms with van der Waals surface area (Å²) >= 11 is 0. The third-order valence-electron chi connectivity index (χ3n) is 2.81. The molecular formula is C10H14N2O2. The summed E-state index contributed by atoms with van der Waals surface area (Å²) in [7, 11) is 0. The maximum atomic E-state index is 10.5. The first-order valence-corrected chi connectivity index (χ1v) is 4.96. The Morgan fingerprint density at radius 1 is 1.64 bits per heavy atom. The minimum Gasteiger partial charge on any atom is -0.481 e. The molecule has 1 aliphatic carbocycles. The number of carboxylic acids is 1. The molecule has 0 saturated heterocycles. The van der Waals surface area contributed by atoms with Crippen LogP contribution in [0.1, 0.15) is 25.0 Å². The Morgan fingerprint density at radius 2 is 2.43 bits per heavy atom. The minimum atomic E-state index is -0.791. The number of nitrogens with zero attached hydrogens (tertiary/aromatic N) is 2. The van der Waals surface area contributed by atoms with Crippen molar-refractivity contribution >= 4 is 5.97 Å². The van der Waals surface area contributed by atoms with Crippen LogP contribution in [0.3, 0.4) is 0 Å². The third kappa shape index (κ3) is 1.95. The summed E-state index contributed by atoms with van der Waals surface area (Å²) in [5.41, 5.74) is 0.810. The molecule has 1 N–H and O–H groups in total. The second-order valence-electron chi connectivity index (χ2n) is 3.90. The highest BCUT2D eigenvalue weighted by atomic mass is 16.4. The summed E-state index contributed by atoms with van der Waals surface area (Å²) in [5.74, 6) is -0.0582. The number of hydrogen-bond acceptors (Lipinski definition) is 2. The topological polar surface area (TPSA) is 55.1 Å². The minimum absolute atomic E-state index is 0.0761. The van der Waals surface area contributed by atoms with Crippen molar-refractivity contribution in [1.82, 2.24) is 9.55 Å². The molecule has 1 aromatic rings. The van der Waals surface area contributed by atoms with Gasteiger partial charge in [-0.25, -0.2) is 4.98 Å². The Hall–Kier alpha value is -1.32. The zero-order valence-electron chi connectivity index (χ0n) is 8.02. The molecule has 2 rings (SSSR count). The van der Waals surface area contributed by atoms with Gasteiger partial charge >= 0.3 is 5.97 Å². The van der Waals surface area contributed by atoms with Crippen molar-refractivity contribution in [2.45, 2.75) is 32.2 Å². The van der Waals surface area contributed by atoms with E-state index in [9.17, 15) is 4.79 Å². The van der Waals surface area contributed by atoms with Gasteiger partial charge in [-0.1, -0.05) is 6.42 Å². The van der Waals surface area contributed by atoms with Gasteiger partial charge in [0.2, 0.25) is 0 Å². The van der Waals surface area contributed by atoms with E-state index in [0.717, 1.165) is 18.2 Å². The Balaban J connectivity index is 2.00. The highest BCUT2D eigenvalue weighted by Crippen LogP contribution is 2.28. The van der Waals surface area contributed by atoms with Gasteiger partial charge in [-0.05, 0) is 18.8 Å². The van der Waals surface area contributed by atoms with Crippen LogP contribution in [0, 0.1) is 5.92 Å². The SMILES string of the molecule is O=C(O)Cc1cncn1CC1CCC1. The lowest BCUT2D eigenvalue weighted by Crippen LogP contribution is -2.19. The van der Waals surface area contributed by atoms with Gasteiger partial charge in [-0.15, -0.1) is 0 Å². The molecule has 0 radical (unpaired) electrons. The van der Waals surface area contributed by atoms with Gasteiger partial charge in [0.25, 0.3) is 0 Å². The van der Waals surface area contributed by atoms with Crippen molar-refractivity contribution in [3.8, 4) is 0 Å². The van der Waals surface area contributed by atoms with Crippen LogP contribution in [0.5, 0.6) is 0 Å². The normalized spacial score (nSPS) is 16.6. The first-order valence-electron chi connectivity index (χ1n) is 4.96. The van der Waals surface area contributed by atoms with E-state index < -0.39 is 5.97 Å². The molecule has 0 spiro atoms. The van der Waals surface area contributed by atoms with Gasteiger partial charge in [-0.2, -0.15) is 0 Å². The number of carbonyl (C=O) groups is 1. The van der Waals surface area contributed by atoms with E-state index in [1.807, 2.05) is 4.57 Å². The standard InChI is InChI=1S/C10H14N2O2/c13-10(14)4-9-5-11-7-12(9)6-8-2-1-3-8/h5,7-8H,1-4,6H2,(H,13,14). The molecule has 1 heterocycles. The van der Waals surface area contributed by atoms with Crippen molar-refractivity contribution in [1.29, 1.82) is 0 Å². The predicted molar refractivity (Wildman–Crippen MR) is 50.9 cm³/mol. The zero-order chi connectivity index (χ0) is 9.97. The van der Waals surface area contributed by atoms with Gasteiger partial charge in [0.15, 0.2) is 0 Å². The van der Waals surface area contributed by atoms with E-state index in [4.69, 9.17) is 5.11 Å². The van der Waals surface area contributed by atoms with Gasteiger partial charge in [0, 0.05) is 18.4 Å². The fourth-order valence-corrected chi connectivity index (χ4v) is 1.77. The van der Waals surface area contributed by atoms with E-state index in [-0.39, 0.29) is 6.42 Å². The molecule has 14 heavy (non-hydrogen) atoms. The van der Waals surface area contributed by atoms with Gasteiger partial charge in [0.1, 0.15) is 0 Å². The predicted octanol–water partition coefficient (Wildman–Crippen LogP) is 1.31. The number of carboxylic acid groups (broad SMARTS) is 1. The fourth-order valence-electron chi connectivity index (χ4n) is 1.77. The number of aromatic nitrogens is 2. The summed E-state index contributed by atoms with van der Waals surface area (Å²) in [6.45, 7) is 0.933. The maximum absolute atomic E-state index is 10.5. The third-order valence-corrected chi connectivity index (χ3v) is 2.81. The molecule has 0 aliphatic heterocycles. The largest absolute Gasteiger partial charge is 0.481 e. The molecule has 1 aromatic heterocycles. The maximum Gasteiger partial charge on any atom is 0.309 e. The van der Waals surface area contributed by atoms with E-state index in [2.05, 4.69) is 4.98 Å². The lowest BCUT2D eigenvalue weighted by Gasteiger charge is -2.26. The van der Waals surface area contributed by atoms with Crippen molar-refractivity contribution < 1.29 is 9.90 Å². The van der Waals surface area contributed by atoms with Crippen molar-refractivity contribution in [3.05, 3.63) is 18.2 Å². The number of rotatable bonds is 4. The van der Waals surface area contributed by atoms with Crippen LogP contribution in [-0.2, 0) is 17.8 Å². The Bertz CT molecular complexity index is 329. The smallest absolute Gasteiger partial charge is 0.309 e. The Morgan fingerprint density at radius 3 is 3.00 bits per heavy atom. The van der Waals surface area contributed by atoms with E-state index in [0.29, 0.717) is 0 Å². The zero-order valence-corrected chi connectivity index (χ0v) is 8.02. The molecule has 0 bridgehead atoms. The highest BCUT2D eigenvalue weighted by Gasteiger charge is 2.19. The molecule has 0 aromatic carbocycles. The molecule has 4 nitrogen and oxygen atoms in total.